The molecule has 127 valence electrons. The van der Waals surface area contributed by atoms with Gasteiger partial charge in [0.1, 0.15) is 4.84 Å². The minimum Gasteiger partial charge on any atom is -0.412 e. The van der Waals surface area contributed by atoms with E-state index in [0.29, 0.717) is 0 Å². The van der Waals surface area contributed by atoms with Gasteiger partial charge in [-0.05, 0) is 19.5 Å². The van der Waals surface area contributed by atoms with Crippen molar-refractivity contribution in [1.82, 2.24) is 0 Å². The van der Waals surface area contributed by atoms with Gasteiger partial charge in [-0.15, -0.1) is 23.2 Å². The van der Waals surface area contributed by atoms with Crippen molar-refractivity contribution >= 4 is 32.2 Å². The summed E-state index contributed by atoms with van der Waals surface area (Å²) in [5, 5.41) is 0. The quantitative estimate of drug-likeness (QED) is 0.173. The Morgan fingerprint density at radius 3 is 1.57 bits per heavy atom. The van der Waals surface area contributed by atoms with Gasteiger partial charge in [0, 0.05) is 0 Å². The molecule has 0 aliphatic heterocycles. The molecule has 0 heterocycles. The molecule has 1 radical (unpaired) electrons. The molecular formula is C17H35Cl2OSi. The van der Waals surface area contributed by atoms with Gasteiger partial charge in [0.15, 0.2) is 0 Å². The zero-order valence-corrected chi connectivity index (χ0v) is 16.8. The summed E-state index contributed by atoms with van der Waals surface area (Å²) in [6, 6.07) is 0. The maximum Gasteiger partial charge on any atom is 0.205 e. The molecule has 0 N–H and O–H groups in total. The van der Waals surface area contributed by atoms with Gasteiger partial charge in [0.25, 0.3) is 0 Å². The molecule has 0 fully saturated rings. The van der Waals surface area contributed by atoms with Crippen molar-refractivity contribution in [2.24, 2.45) is 0 Å². The summed E-state index contributed by atoms with van der Waals surface area (Å²) in [6.07, 6.45) is 16.1. The molecule has 0 aromatic carbocycles. The first-order valence-corrected chi connectivity index (χ1v) is 12.1. The molecule has 0 amide bonds. The first-order valence-electron chi connectivity index (χ1n) is 8.82. The van der Waals surface area contributed by atoms with Gasteiger partial charge in [-0.1, -0.05) is 77.6 Å². The molecule has 1 atom stereocenters. The highest BCUT2D eigenvalue weighted by Crippen LogP contribution is 2.20. The van der Waals surface area contributed by atoms with Crippen LogP contribution in [0.25, 0.3) is 0 Å². The monoisotopic (exact) mass is 353 g/mol. The normalized spacial score (nSPS) is 13.3. The molecule has 0 spiro atoms. The average molecular weight is 354 g/mol. The lowest BCUT2D eigenvalue weighted by molar-refractivity contribution is 0.203. The number of rotatable bonds is 15. The van der Waals surface area contributed by atoms with Crippen LogP contribution in [0.2, 0.25) is 13.1 Å². The van der Waals surface area contributed by atoms with Crippen molar-refractivity contribution in [3.8, 4) is 0 Å². The first kappa shape index (κ1) is 21.8. The zero-order valence-electron chi connectivity index (χ0n) is 14.3. The van der Waals surface area contributed by atoms with E-state index in [4.69, 9.17) is 27.6 Å². The number of hydrogen-bond acceptors (Lipinski definition) is 1. The highest BCUT2D eigenvalue weighted by atomic mass is 35.5. The van der Waals surface area contributed by atoms with Crippen molar-refractivity contribution in [2.45, 2.75) is 108 Å². The second-order valence-electron chi connectivity index (χ2n) is 6.22. The van der Waals surface area contributed by atoms with Crippen LogP contribution in [0.3, 0.4) is 0 Å². The van der Waals surface area contributed by atoms with Gasteiger partial charge in [-0.2, -0.15) is 0 Å². The first-order chi connectivity index (χ1) is 10.1. The largest absolute Gasteiger partial charge is 0.412 e. The number of hydrogen-bond donors (Lipinski definition) is 0. The molecule has 0 bridgehead atoms. The van der Waals surface area contributed by atoms with Crippen LogP contribution in [0.5, 0.6) is 0 Å². The standard InChI is InChI=1S/C17H35Cl2OSi/c1-4-5-6-7-8-9-10-11-12-13-14-15-16(17(18)19)20-21(2)3/h16-17H,4-15H2,1-3H3. The predicted molar refractivity (Wildman–Crippen MR) is 98.9 cm³/mol. The highest BCUT2D eigenvalue weighted by Gasteiger charge is 2.18. The maximum atomic E-state index is 5.98. The molecule has 0 aliphatic carbocycles. The third-order valence-corrected chi connectivity index (χ3v) is 5.10. The fraction of sp³-hybridized carbons (Fsp3) is 1.00. The van der Waals surface area contributed by atoms with Gasteiger partial charge >= 0.3 is 0 Å². The Labute approximate surface area is 144 Å². The lowest BCUT2D eigenvalue weighted by Gasteiger charge is -2.20. The summed E-state index contributed by atoms with van der Waals surface area (Å²) in [4.78, 5) is -0.381. The van der Waals surface area contributed by atoms with Crippen LogP contribution in [0.1, 0.15) is 84.0 Å². The second kappa shape index (κ2) is 15.6. The average Bonchev–Trinajstić information content (AvgIpc) is 2.42. The van der Waals surface area contributed by atoms with Crippen LogP contribution in [-0.2, 0) is 4.43 Å². The van der Waals surface area contributed by atoms with E-state index in [-0.39, 0.29) is 10.9 Å². The molecule has 0 aliphatic rings. The Bertz CT molecular complexity index is 213. The zero-order chi connectivity index (χ0) is 15.9. The van der Waals surface area contributed by atoms with E-state index in [2.05, 4.69) is 20.0 Å². The SMILES string of the molecule is CCCCCCCCCCCCCC(O[Si](C)C)C(Cl)Cl. The molecule has 21 heavy (non-hydrogen) atoms. The van der Waals surface area contributed by atoms with E-state index in [1.165, 1.54) is 70.6 Å². The van der Waals surface area contributed by atoms with Crippen molar-refractivity contribution < 1.29 is 4.43 Å². The number of halogens is 2. The van der Waals surface area contributed by atoms with Crippen LogP contribution >= 0.6 is 23.2 Å². The summed E-state index contributed by atoms with van der Waals surface area (Å²) in [5.74, 6) is 0. The maximum absolute atomic E-state index is 5.98. The lowest BCUT2D eigenvalue weighted by atomic mass is 10.0. The van der Waals surface area contributed by atoms with E-state index in [9.17, 15) is 0 Å². The Balaban J connectivity index is 3.34. The third-order valence-electron chi connectivity index (χ3n) is 3.76. The van der Waals surface area contributed by atoms with E-state index < -0.39 is 9.04 Å². The van der Waals surface area contributed by atoms with Crippen molar-refractivity contribution in [3.63, 3.8) is 0 Å². The van der Waals surface area contributed by atoms with Crippen LogP contribution in [0.4, 0.5) is 0 Å². The molecule has 1 nitrogen and oxygen atoms in total. The summed E-state index contributed by atoms with van der Waals surface area (Å²) >= 11 is 12.0. The van der Waals surface area contributed by atoms with Gasteiger partial charge in [-0.3, -0.25) is 0 Å². The van der Waals surface area contributed by atoms with Gasteiger partial charge in [0.2, 0.25) is 9.04 Å². The van der Waals surface area contributed by atoms with E-state index in [1.807, 2.05) is 0 Å². The van der Waals surface area contributed by atoms with E-state index in [1.54, 1.807) is 0 Å². The minimum absolute atomic E-state index is 0.0378. The molecule has 1 unspecified atom stereocenters. The second-order valence-corrected chi connectivity index (χ2v) is 9.44. The Morgan fingerprint density at radius 1 is 0.762 bits per heavy atom. The molecule has 0 rings (SSSR count). The third kappa shape index (κ3) is 15.4. The smallest absolute Gasteiger partial charge is 0.205 e. The molecule has 0 saturated carbocycles. The fourth-order valence-corrected chi connectivity index (χ4v) is 3.94. The highest BCUT2D eigenvalue weighted by molar-refractivity contribution is 6.49. The molecular weight excluding hydrogens is 319 g/mol. The van der Waals surface area contributed by atoms with Gasteiger partial charge < -0.3 is 4.43 Å². The van der Waals surface area contributed by atoms with Gasteiger partial charge in [-0.25, -0.2) is 0 Å². The van der Waals surface area contributed by atoms with Crippen molar-refractivity contribution in [3.05, 3.63) is 0 Å². The van der Waals surface area contributed by atoms with E-state index >= 15 is 0 Å². The summed E-state index contributed by atoms with van der Waals surface area (Å²) in [7, 11) is -0.710. The summed E-state index contributed by atoms with van der Waals surface area (Å²) < 4.78 is 5.84. The number of unbranched alkanes of at least 4 members (excludes halogenated alkanes) is 10. The van der Waals surface area contributed by atoms with Crippen LogP contribution < -0.4 is 0 Å². The minimum atomic E-state index is -0.710. The van der Waals surface area contributed by atoms with Crippen LogP contribution in [0, 0.1) is 0 Å². The Kier molecular flexibility index (Phi) is 16.2. The van der Waals surface area contributed by atoms with Gasteiger partial charge in [0.05, 0.1) is 6.10 Å². The molecule has 0 aromatic heterocycles. The van der Waals surface area contributed by atoms with Crippen molar-refractivity contribution in [1.29, 1.82) is 0 Å². The molecule has 0 saturated heterocycles. The van der Waals surface area contributed by atoms with Crippen LogP contribution in [0.15, 0.2) is 0 Å². The van der Waals surface area contributed by atoms with Crippen LogP contribution in [-0.4, -0.2) is 20.0 Å². The van der Waals surface area contributed by atoms with E-state index in [0.717, 1.165) is 6.42 Å². The molecule has 4 heteroatoms. The predicted octanol–water partition coefficient (Wildman–Crippen LogP) is 7.13. The lowest BCUT2D eigenvalue weighted by Crippen LogP contribution is -2.26. The Morgan fingerprint density at radius 2 is 1.19 bits per heavy atom. The summed E-state index contributed by atoms with van der Waals surface area (Å²) in [5.41, 5.74) is 0. The van der Waals surface area contributed by atoms with Crippen molar-refractivity contribution in [2.75, 3.05) is 0 Å². The molecule has 0 aromatic rings. The topological polar surface area (TPSA) is 9.23 Å². The summed E-state index contributed by atoms with van der Waals surface area (Å²) in [6.45, 7) is 6.54. The Hall–Kier alpha value is 0.757. The number of alkyl halides is 2. The fourth-order valence-electron chi connectivity index (χ4n) is 2.55.